The summed E-state index contributed by atoms with van der Waals surface area (Å²) in [7, 11) is 0. The molecule has 3 aliphatic rings. The van der Waals surface area contributed by atoms with Crippen molar-refractivity contribution in [2.24, 2.45) is 4.99 Å². The number of anilines is 1. The predicted molar refractivity (Wildman–Crippen MR) is 112 cm³/mol. The first-order chi connectivity index (χ1) is 13.7. The lowest BCUT2D eigenvalue weighted by Crippen LogP contribution is -2.63. The van der Waals surface area contributed by atoms with Crippen molar-refractivity contribution in [2.45, 2.75) is 38.4 Å². The van der Waals surface area contributed by atoms with Gasteiger partial charge < -0.3 is 10.2 Å². The molecule has 1 aromatic carbocycles. The average Bonchev–Trinajstić information content (AvgIpc) is 3.21. The normalized spacial score (nSPS) is 20.5. The molecular weight excluding hydrogens is 372 g/mol. The fourth-order valence-corrected chi connectivity index (χ4v) is 4.78. The van der Waals surface area contributed by atoms with Gasteiger partial charge in [0.2, 0.25) is 0 Å². The molecule has 0 radical (unpaired) electrons. The average molecular weight is 397 g/mol. The third kappa shape index (κ3) is 3.05. The molecule has 146 valence electrons. The van der Waals surface area contributed by atoms with E-state index in [0.29, 0.717) is 0 Å². The smallest absolute Gasteiger partial charge is 0.134 e. The summed E-state index contributed by atoms with van der Waals surface area (Å²) in [6.45, 7) is 6.90. The molecule has 1 N–H and O–H groups in total. The summed E-state index contributed by atoms with van der Waals surface area (Å²) in [4.78, 5) is 18.7. The molecule has 0 aliphatic carbocycles. The van der Waals surface area contributed by atoms with Gasteiger partial charge in [-0.1, -0.05) is 18.5 Å². The number of hydrogen-bond acceptors (Lipinski definition) is 6. The fraction of sp³-hybridized carbons (Fsp3) is 0.476. The highest BCUT2D eigenvalue weighted by Crippen LogP contribution is 2.40. The first kappa shape index (κ1) is 17.9. The van der Waals surface area contributed by atoms with Gasteiger partial charge >= 0.3 is 0 Å². The number of likely N-dealkylation sites (tertiary alicyclic amines) is 1. The van der Waals surface area contributed by atoms with Gasteiger partial charge in [0.25, 0.3) is 0 Å². The first-order valence-electron chi connectivity index (χ1n) is 10.1. The van der Waals surface area contributed by atoms with Crippen LogP contribution in [0.4, 0.5) is 5.69 Å². The Morgan fingerprint density at radius 3 is 2.68 bits per heavy atom. The van der Waals surface area contributed by atoms with Crippen LogP contribution in [0.2, 0.25) is 5.02 Å². The molecule has 7 heteroatoms. The van der Waals surface area contributed by atoms with Crippen molar-refractivity contribution < 1.29 is 0 Å². The third-order valence-electron chi connectivity index (χ3n) is 6.11. The second-order valence-electron chi connectivity index (χ2n) is 7.84. The van der Waals surface area contributed by atoms with Crippen LogP contribution >= 0.6 is 11.6 Å². The van der Waals surface area contributed by atoms with E-state index < -0.39 is 0 Å². The highest BCUT2D eigenvalue weighted by Gasteiger charge is 2.46. The second-order valence-corrected chi connectivity index (χ2v) is 8.28. The SMILES string of the molecule is CCc1ncc(CN2CCC3(CC2)Nc2cc(Cl)ccc2C2=NCCN23)cn1. The maximum atomic E-state index is 6.27. The minimum absolute atomic E-state index is 0.0634. The number of amidine groups is 1. The Labute approximate surface area is 170 Å². The number of piperidine rings is 1. The van der Waals surface area contributed by atoms with Crippen molar-refractivity contribution in [2.75, 3.05) is 31.5 Å². The van der Waals surface area contributed by atoms with Gasteiger partial charge in [-0.2, -0.15) is 0 Å². The Morgan fingerprint density at radius 2 is 1.93 bits per heavy atom. The molecule has 0 amide bonds. The van der Waals surface area contributed by atoms with Crippen LogP contribution in [0.1, 0.15) is 36.7 Å². The molecule has 2 aromatic rings. The van der Waals surface area contributed by atoms with Crippen LogP contribution in [-0.2, 0) is 13.0 Å². The van der Waals surface area contributed by atoms with Crippen LogP contribution < -0.4 is 5.32 Å². The van der Waals surface area contributed by atoms with E-state index in [-0.39, 0.29) is 5.66 Å². The van der Waals surface area contributed by atoms with E-state index in [1.165, 1.54) is 11.1 Å². The molecule has 0 saturated carbocycles. The van der Waals surface area contributed by atoms with Crippen molar-refractivity contribution in [1.29, 1.82) is 0 Å². The van der Waals surface area contributed by atoms with Gasteiger partial charge in [-0.25, -0.2) is 9.97 Å². The number of fused-ring (bicyclic) bond motifs is 4. The van der Waals surface area contributed by atoms with Crippen LogP contribution in [0.5, 0.6) is 0 Å². The van der Waals surface area contributed by atoms with E-state index in [9.17, 15) is 0 Å². The predicted octanol–water partition coefficient (Wildman–Crippen LogP) is 3.17. The molecule has 0 bridgehead atoms. The topological polar surface area (TPSA) is 56.7 Å². The molecule has 1 saturated heterocycles. The zero-order chi connectivity index (χ0) is 19.1. The lowest BCUT2D eigenvalue weighted by Gasteiger charge is -2.52. The summed E-state index contributed by atoms with van der Waals surface area (Å²) in [5, 5.41) is 4.60. The summed E-state index contributed by atoms with van der Waals surface area (Å²) < 4.78 is 0. The maximum Gasteiger partial charge on any atom is 0.134 e. The third-order valence-corrected chi connectivity index (χ3v) is 6.35. The van der Waals surface area contributed by atoms with E-state index in [1.807, 2.05) is 24.5 Å². The number of rotatable bonds is 3. The molecular formula is C21H25ClN6. The van der Waals surface area contributed by atoms with Crippen molar-refractivity contribution in [3.05, 3.63) is 52.6 Å². The summed E-state index contributed by atoms with van der Waals surface area (Å²) >= 11 is 6.27. The van der Waals surface area contributed by atoms with Crippen molar-refractivity contribution in [3.8, 4) is 0 Å². The zero-order valence-corrected chi connectivity index (χ0v) is 16.9. The van der Waals surface area contributed by atoms with E-state index in [4.69, 9.17) is 16.6 Å². The fourth-order valence-electron chi connectivity index (χ4n) is 4.61. The Kier molecular flexibility index (Phi) is 4.48. The Bertz CT molecular complexity index is 902. The number of nitrogens with zero attached hydrogens (tertiary/aromatic N) is 5. The Hall–Kier alpha value is -2.18. The Balaban J connectivity index is 1.33. The molecule has 6 nitrogen and oxygen atoms in total. The highest BCUT2D eigenvalue weighted by atomic mass is 35.5. The van der Waals surface area contributed by atoms with Gasteiger partial charge in [0.15, 0.2) is 0 Å². The standard InChI is InChI=1S/C21H25ClN6/c1-2-19-24-12-15(13-25-19)14-27-8-5-21(6-9-27)26-18-11-16(22)3-4-17(18)20-23-7-10-28(20)21/h3-4,11-13,26H,2,5-10,14H2,1H3. The number of benzene rings is 1. The van der Waals surface area contributed by atoms with E-state index >= 15 is 0 Å². The van der Waals surface area contributed by atoms with E-state index in [2.05, 4.69) is 38.1 Å². The van der Waals surface area contributed by atoms with Gasteiger partial charge in [0, 0.05) is 79.7 Å². The molecule has 1 aromatic heterocycles. The first-order valence-corrected chi connectivity index (χ1v) is 10.5. The van der Waals surface area contributed by atoms with Gasteiger partial charge in [0.1, 0.15) is 17.3 Å². The van der Waals surface area contributed by atoms with Crippen molar-refractivity contribution in [1.82, 2.24) is 19.8 Å². The van der Waals surface area contributed by atoms with Crippen molar-refractivity contribution >= 4 is 23.1 Å². The minimum atomic E-state index is -0.0634. The molecule has 1 spiro atoms. The lowest BCUT2D eigenvalue weighted by atomic mass is 9.90. The Morgan fingerprint density at radius 1 is 1.14 bits per heavy atom. The number of aryl methyl sites for hydroxylation is 1. The van der Waals surface area contributed by atoms with Crippen LogP contribution in [0, 0.1) is 0 Å². The number of nitrogens with one attached hydrogen (secondary N) is 1. The number of aromatic nitrogens is 2. The molecule has 0 atom stereocenters. The summed E-state index contributed by atoms with van der Waals surface area (Å²) in [5.74, 6) is 2.04. The van der Waals surface area contributed by atoms with Crippen LogP contribution in [0.25, 0.3) is 0 Å². The summed E-state index contributed by atoms with van der Waals surface area (Å²) in [6.07, 6.45) is 6.91. The molecule has 5 rings (SSSR count). The van der Waals surface area contributed by atoms with E-state index in [1.54, 1.807) is 0 Å². The zero-order valence-electron chi connectivity index (χ0n) is 16.2. The van der Waals surface area contributed by atoms with Crippen LogP contribution in [-0.4, -0.2) is 57.4 Å². The summed E-state index contributed by atoms with van der Waals surface area (Å²) in [5.41, 5.74) is 3.40. The number of aliphatic imine (C=N–C) groups is 1. The lowest BCUT2D eigenvalue weighted by molar-refractivity contribution is 0.0894. The van der Waals surface area contributed by atoms with Crippen molar-refractivity contribution in [3.63, 3.8) is 0 Å². The minimum Gasteiger partial charge on any atom is -0.362 e. The van der Waals surface area contributed by atoms with Gasteiger partial charge in [-0.05, 0) is 18.2 Å². The number of hydrogen-bond donors (Lipinski definition) is 1. The van der Waals surface area contributed by atoms with Crippen LogP contribution in [0.3, 0.4) is 0 Å². The largest absolute Gasteiger partial charge is 0.362 e. The maximum absolute atomic E-state index is 6.27. The molecule has 1 fully saturated rings. The molecule has 4 heterocycles. The molecule has 0 unspecified atom stereocenters. The number of halogens is 1. The quantitative estimate of drug-likeness (QED) is 0.863. The highest BCUT2D eigenvalue weighted by molar-refractivity contribution is 6.31. The molecule has 28 heavy (non-hydrogen) atoms. The van der Waals surface area contributed by atoms with Gasteiger partial charge in [0.05, 0.1) is 6.54 Å². The monoisotopic (exact) mass is 396 g/mol. The van der Waals surface area contributed by atoms with Crippen LogP contribution in [0.15, 0.2) is 35.6 Å². The second kappa shape index (κ2) is 7.01. The summed E-state index contributed by atoms with van der Waals surface area (Å²) in [6, 6.07) is 6.08. The van der Waals surface area contributed by atoms with Gasteiger partial charge in [-0.3, -0.25) is 9.89 Å². The van der Waals surface area contributed by atoms with Gasteiger partial charge in [-0.15, -0.1) is 0 Å². The molecule has 3 aliphatic heterocycles. The van der Waals surface area contributed by atoms with E-state index in [0.717, 1.165) is 74.4 Å².